The van der Waals surface area contributed by atoms with Crippen molar-refractivity contribution in [3.63, 3.8) is 0 Å². The summed E-state index contributed by atoms with van der Waals surface area (Å²) >= 11 is 0. The van der Waals surface area contributed by atoms with Crippen molar-refractivity contribution in [2.45, 2.75) is 38.4 Å². The van der Waals surface area contributed by atoms with Crippen LogP contribution in [-0.2, 0) is 29.7 Å². The van der Waals surface area contributed by atoms with Crippen molar-refractivity contribution in [2.24, 2.45) is 0 Å². The van der Waals surface area contributed by atoms with Crippen LogP contribution >= 0.6 is 0 Å². The normalized spacial score (nSPS) is 11.8. The molecule has 0 aliphatic heterocycles. The maximum Gasteiger partial charge on any atom is 0.242 e. The molecule has 0 atom stereocenters. The summed E-state index contributed by atoms with van der Waals surface area (Å²) in [4.78, 5) is 4.31. The van der Waals surface area contributed by atoms with E-state index in [1.165, 1.54) is 12.3 Å². The highest BCUT2D eigenvalue weighted by Gasteiger charge is 2.18. The van der Waals surface area contributed by atoms with Gasteiger partial charge >= 0.3 is 0 Å². The lowest BCUT2D eigenvalue weighted by molar-refractivity contribution is 0.271. The van der Waals surface area contributed by atoms with Crippen LogP contribution < -0.4 is 4.72 Å². The second-order valence-electron chi connectivity index (χ2n) is 4.70. The predicted molar refractivity (Wildman–Crippen MR) is 79.0 cm³/mol. The van der Waals surface area contributed by atoms with Crippen LogP contribution in [-0.4, -0.2) is 23.1 Å². The lowest BCUT2D eigenvalue weighted by Gasteiger charge is -2.06. The van der Waals surface area contributed by atoms with E-state index in [-0.39, 0.29) is 18.0 Å². The second kappa shape index (κ2) is 6.38. The number of pyridine rings is 1. The van der Waals surface area contributed by atoms with Crippen LogP contribution in [0.15, 0.2) is 35.5 Å². The molecule has 0 aliphatic rings. The minimum absolute atomic E-state index is 0.140. The van der Waals surface area contributed by atoms with Crippen LogP contribution in [0.2, 0.25) is 0 Å². The highest BCUT2D eigenvalue weighted by molar-refractivity contribution is 7.89. The Kier molecular flexibility index (Phi) is 4.76. The van der Waals surface area contributed by atoms with E-state index in [1.807, 2.05) is 26.0 Å². The largest absolute Gasteiger partial charge is 0.390 e. The highest BCUT2D eigenvalue weighted by Crippen LogP contribution is 2.15. The maximum atomic E-state index is 12.3. The van der Waals surface area contributed by atoms with Gasteiger partial charge in [0.05, 0.1) is 23.7 Å². The van der Waals surface area contributed by atoms with E-state index < -0.39 is 10.0 Å². The van der Waals surface area contributed by atoms with Crippen LogP contribution in [0, 0.1) is 6.92 Å². The third kappa shape index (κ3) is 3.49. The first-order chi connectivity index (χ1) is 9.97. The van der Waals surface area contributed by atoms with Gasteiger partial charge < -0.3 is 9.67 Å². The first-order valence-corrected chi connectivity index (χ1v) is 8.16. The van der Waals surface area contributed by atoms with E-state index in [1.54, 1.807) is 10.8 Å². The Morgan fingerprint density at radius 1 is 1.43 bits per heavy atom. The molecule has 0 unspecified atom stereocenters. The van der Waals surface area contributed by atoms with Gasteiger partial charge in [0, 0.05) is 24.6 Å². The molecule has 2 heterocycles. The van der Waals surface area contributed by atoms with E-state index in [4.69, 9.17) is 0 Å². The summed E-state index contributed by atoms with van der Waals surface area (Å²) in [5.74, 6) is 0. The summed E-state index contributed by atoms with van der Waals surface area (Å²) in [5, 5.41) is 9.23. The summed E-state index contributed by atoms with van der Waals surface area (Å²) in [5.41, 5.74) is 2.20. The van der Waals surface area contributed by atoms with E-state index in [0.29, 0.717) is 17.9 Å². The van der Waals surface area contributed by atoms with Crippen molar-refractivity contribution in [1.29, 1.82) is 0 Å². The molecule has 2 rings (SSSR count). The van der Waals surface area contributed by atoms with Gasteiger partial charge in [-0.05, 0) is 31.5 Å². The number of aliphatic hydroxyl groups is 1. The molecule has 114 valence electrons. The van der Waals surface area contributed by atoms with Crippen LogP contribution in [0.3, 0.4) is 0 Å². The van der Waals surface area contributed by atoms with E-state index >= 15 is 0 Å². The number of aromatic nitrogens is 2. The first-order valence-electron chi connectivity index (χ1n) is 6.68. The zero-order valence-corrected chi connectivity index (χ0v) is 12.9. The van der Waals surface area contributed by atoms with Gasteiger partial charge in [-0.3, -0.25) is 4.98 Å². The van der Waals surface area contributed by atoms with Gasteiger partial charge in [0.1, 0.15) is 0 Å². The molecule has 2 aromatic heterocycles. The van der Waals surface area contributed by atoms with Crippen molar-refractivity contribution >= 4 is 10.0 Å². The summed E-state index contributed by atoms with van der Waals surface area (Å²) < 4.78 is 28.8. The Balaban J connectivity index is 2.19. The van der Waals surface area contributed by atoms with Gasteiger partial charge in [-0.1, -0.05) is 6.07 Å². The lowest BCUT2D eigenvalue weighted by atomic mass is 10.2. The molecule has 21 heavy (non-hydrogen) atoms. The quantitative estimate of drug-likeness (QED) is 0.839. The Morgan fingerprint density at radius 3 is 2.76 bits per heavy atom. The van der Waals surface area contributed by atoms with Crippen molar-refractivity contribution in [2.75, 3.05) is 0 Å². The van der Waals surface area contributed by atoms with Gasteiger partial charge in [0.25, 0.3) is 0 Å². The van der Waals surface area contributed by atoms with Crippen LogP contribution in [0.25, 0.3) is 0 Å². The van der Waals surface area contributed by atoms with Crippen molar-refractivity contribution in [1.82, 2.24) is 14.3 Å². The van der Waals surface area contributed by atoms with Gasteiger partial charge in [-0.25, -0.2) is 13.1 Å². The highest BCUT2D eigenvalue weighted by atomic mass is 32.2. The maximum absolute atomic E-state index is 12.3. The van der Waals surface area contributed by atoms with E-state index in [0.717, 1.165) is 5.56 Å². The van der Waals surface area contributed by atoms with Crippen LogP contribution in [0.1, 0.15) is 23.9 Å². The monoisotopic (exact) mass is 309 g/mol. The summed E-state index contributed by atoms with van der Waals surface area (Å²) in [6, 6.07) is 5.17. The minimum Gasteiger partial charge on any atom is -0.390 e. The predicted octanol–water partition coefficient (Wildman–Crippen LogP) is 1.18. The molecule has 0 radical (unpaired) electrons. The summed E-state index contributed by atoms with van der Waals surface area (Å²) in [6.07, 6.45) is 3.16. The number of aryl methyl sites for hydroxylation is 2. The number of hydrogen-bond donors (Lipinski definition) is 2. The molecule has 0 saturated carbocycles. The molecule has 2 N–H and O–H groups in total. The third-order valence-corrected chi connectivity index (χ3v) is 4.69. The summed E-state index contributed by atoms with van der Waals surface area (Å²) in [7, 11) is -3.62. The number of sulfonamides is 1. The van der Waals surface area contributed by atoms with Gasteiger partial charge in [0.15, 0.2) is 0 Å². The number of rotatable bonds is 6. The zero-order chi connectivity index (χ0) is 15.5. The third-order valence-electron chi connectivity index (χ3n) is 3.32. The van der Waals surface area contributed by atoms with Crippen molar-refractivity contribution in [3.05, 3.63) is 47.5 Å². The van der Waals surface area contributed by atoms with Gasteiger partial charge in [0.2, 0.25) is 10.0 Å². The zero-order valence-electron chi connectivity index (χ0n) is 12.1. The Hall–Kier alpha value is -1.70. The van der Waals surface area contributed by atoms with Gasteiger partial charge in [-0.15, -0.1) is 0 Å². The molecule has 0 saturated heterocycles. The Bertz CT molecular complexity index is 701. The number of nitrogens with one attached hydrogen (secondary N) is 1. The number of nitrogens with zero attached hydrogens (tertiary/aromatic N) is 2. The molecule has 0 fully saturated rings. The number of aliphatic hydroxyl groups excluding tert-OH is 1. The molecule has 0 aromatic carbocycles. The van der Waals surface area contributed by atoms with Crippen molar-refractivity contribution in [3.8, 4) is 0 Å². The molecule has 6 nitrogen and oxygen atoms in total. The second-order valence-corrected chi connectivity index (χ2v) is 6.47. The summed E-state index contributed by atoms with van der Waals surface area (Å²) in [6.45, 7) is 4.32. The average molecular weight is 309 g/mol. The molecular weight excluding hydrogens is 290 g/mol. The minimum atomic E-state index is -3.62. The SMILES string of the molecule is CCn1cc(S(=O)(=O)NCc2ncccc2C)cc1CO. The Labute approximate surface area is 124 Å². The molecule has 0 bridgehead atoms. The molecule has 0 spiro atoms. The Morgan fingerprint density at radius 2 is 2.19 bits per heavy atom. The molecule has 7 heteroatoms. The average Bonchev–Trinajstić information content (AvgIpc) is 2.90. The van der Waals surface area contributed by atoms with Gasteiger partial charge in [-0.2, -0.15) is 0 Å². The van der Waals surface area contributed by atoms with E-state index in [9.17, 15) is 13.5 Å². The fourth-order valence-electron chi connectivity index (χ4n) is 2.05. The molecule has 0 amide bonds. The van der Waals surface area contributed by atoms with E-state index in [2.05, 4.69) is 9.71 Å². The van der Waals surface area contributed by atoms with Crippen molar-refractivity contribution < 1.29 is 13.5 Å². The fraction of sp³-hybridized carbons (Fsp3) is 0.357. The first kappa shape index (κ1) is 15.7. The fourth-order valence-corrected chi connectivity index (χ4v) is 3.10. The smallest absolute Gasteiger partial charge is 0.242 e. The van der Waals surface area contributed by atoms with Crippen LogP contribution in [0.4, 0.5) is 0 Å². The molecule has 0 aliphatic carbocycles. The lowest BCUT2D eigenvalue weighted by Crippen LogP contribution is -2.23. The molecule has 2 aromatic rings. The standard InChI is InChI=1S/C14H19N3O3S/c1-3-17-9-13(7-12(17)10-18)21(19,20)16-8-14-11(2)5-4-6-15-14/h4-7,9,16,18H,3,8,10H2,1-2H3. The van der Waals surface area contributed by atoms with Crippen LogP contribution in [0.5, 0.6) is 0 Å². The molecular formula is C14H19N3O3S. The number of hydrogen-bond acceptors (Lipinski definition) is 4. The topological polar surface area (TPSA) is 84.2 Å².